The molecular weight excluding hydrogens is 414 g/mol. The van der Waals surface area contributed by atoms with Gasteiger partial charge in [0.2, 0.25) is 11.8 Å². The molecule has 0 saturated carbocycles. The minimum Gasteiger partial charge on any atom is -0.493 e. The Balaban J connectivity index is 1.57. The van der Waals surface area contributed by atoms with Gasteiger partial charge in [0, 0.05) is 24.5 Å². The molecule has 0 aliphatic carbocycles. The quantitative estimate of drug-likeness (QED) is 0.618. The Hall–Kier alpha value is -4.13. The van der Waals surface area contributed by atoms with Gasteiger partial charge in [-0.3, -0.25) is 19.1 Å². The second-order valence-electron chi connectivity index (χ2n) is 7.87. The first-order valence-corrected chi connectivity index (χ1v) is 10.2. The first kappa shape index (κ1) is 19.8. The van der Waals surface area contributed by atoms with Gasteiger partial charge in [0.05, 0.1) is 42.4 Å². The summed E-state index contributed by atoms with van der Waals surface area (Å²) in [4.78, 5) is 43.3. The van der Waals surface area contributed by atoms with Crippen LogP contribution in [0.25, 0.3) is 16.6 Å². The molecule has 0 radical (unpaired) electrons. The normalized spacial score (nSPS) is 18.6. The second-order valence-corrected chi connectivity index (χ2v) is 7.87. The Morgan fingerprint density at radius 1 is 1.31 bits per heavy atom. The Labute approximate surface area is 181 Å². The van der Waals surface area contributed by atoms with Crippen LogP contribution in [0.2, 0.25) is 0 Å². The topological polar surface area (TPSA) is 130 Å². The van der Waals surface area contributed by atoms with Crippen molar-refractivity contribution >= 4 is 22.8 Å². The second kappa shape index (κ2) is 7.23. The fourth-order valence-corrected chi connectivity index (χ4v) is 4.84. The molecule has 1 saturated heterocycles. The maximum Gasteiger partial charge on any atom is 0.336 e. The Bertz CT molecular complexity index is 1380. The Morgan fingerprint density at radius 2 is 2.12 bits per heavy atom. The lowest BCUT2D eigenvalue weighted by Gasteiger charge is -2.27. The highest BCUT2D eigenvalue weighted by Gasteiger charge is 2.49. The van der Waals surface area contributed by atoms with Gasteiger partial charge in [-0.25, -0.2) is 9.36 Å². The molecule has 1 aromatic carbocycles. The van der Waals surface area contributed by atoms with Crippen LogP contribution in [0.4, 0.5) is 0 Å². The molecule has 2 aliphatic heterocycles. The fraction of sp³-hybridized carbons (Fsp3) is 0.318. The van der Waals surface area contributed by atoms with Crippen LogP contribution in [0.5, 0.6) is 5.88 Å². The predicted octanol–water partition coefficient (Wildman–Crippen LogP) is 1.55. The van der Waals surface area contributed by atoms with Gasteiger partial charge >= 0.3 is 11.7 Å². The summed E-state index contributed by atoms with van der Waals surface area (Å²) < 4.78 is 7.35. The monoisotopic (exact) mass is 433 g/mol. The fourth-order valence-electron chi connectivity index (χ4n) is 4.84. The van der Waals surface area contributed by atoms with E-state index in [1.165, 1.54) is 11.7 Å². The molecule has 2 atom stereocenters. The van der Waals surface area contributed by atoms with E-state index >= 15 is 0 Å². The number of likely N-dealkylation sites (tertiary alicyclic amines) is 1. The summed E-state index contributed by atoms with van der Waals surface area (Å²) in [6.45, 7) is 0.344. The van der Waals surface area contributed by atoms with Crippen LogP contribution in [0.3, 0.4) is 0 Å². The summed E-state index contributed by atoms with van der Waals surface area (Å²) >= 11 is 0. The molecule has 2 aliphatic rings. The maximum atomic E-state index is 13.3. The summed E-state index contributed by atoms with van der Waals surface area (Å²) in [7, 11) is 1.27. The molecule has 2 bridgehead atoms. The van der Waals surface area contributed by atoms with E-state index in [4.69, 9.17) is 0 Å². The summed E-state index contributed by atoms with van der Waals surface area (Å²) in [6.07, 6.45) is 2.09. The summed E-state index contributed by atoms with van der Waals surface area (Å²) in [5.41, 5.74) is 1.21. The van der Waals surface area contributed by atoms with E-state index in [1.54, 1.807) is 39.9 Å². The molecule has 10 nitrogen and oxygen atoms in total. The number of hydrogen-bond acceptors (Lipinski definition) is 7. The number of nitrogens with zero attached hydrogens (tertiary/aromatic N) is 5. The first-order chi connectivity index (χ1) is 15.5. The predicted molar refractivity (Wildman–Crippen MR) is 111 cm³/mol. The minimum absolute atomic E-state index is 0.00747. The third-order valence-corrected chi connectivity index (χ3v) is 6.26. The van der Waals surface area contributed by atoms with Crippen LogP contribution in [-0.4, -0.2) is 49.7 Å². The van der Waals surface area contributed by atoms with Crippen molar-refractivity contribution in [2.75, 3.05) is 13.7 Å². The van der Waals surface area contributed by atoms with Crippen LogP contribution < -0.4 is 5.69 Å². The van der Waals surface area contributed by atoms with Crippen LogP contribution in [0.15, 0.2) is 35.3 Å². The molecule has 4 heterocycles. The molecule has 1 fully saturated rings. The van der Waals surface area contributed by atoms with Gasteiger partial charge in [-0.1, -0.05) is 0 Å². The number of carbonyl (C=O) groups excluding carboxylic acids is 2. The van der Waals surface area contributed by atoms with E-state index < -0.39 is 17.7 Å². The van der Waals surface area contributed by atoms with E-state index in [9.17, 15) is 24.8 Å². The molecule has 1 N–H and O–H groups in total. The molecule has 1 unspecified atom stereocenters. The third-order valence-electron chi connectivity index (χ3n) is 6.26. The number of imidazole rings is 1. The van der Waals surface area contributed by atoms with Crippen molar-refractivity contribution in [3.8, 4) is 17.6 Å². The number of carbonyl (C=O) groups is 2. The minimum atomic E-state index is -0.463. The Kier molecular flexibility index (Phi) is 4.48. The standard InChI is InChI=1S/C22H19N5O5/c1-32-18(29)7-6-17(28)25-11-13-9-16(25)20-21(30)27(22(31)26(13)20)15-5-4-12(10-23)19-14(15)3-2-8-24-19/h2-5,8,13,16,30H,6-7,9,11H2,1H3/t13-,16?/m1/s1. The number of aromatic nitrogens is 3. The zero-order valence-corrected chi connectivity index (χ0v) is 17.2. The summed E-state index contributed by atoms with van der Waals surface area (Å²) in [5, 5.41) is 21.0. The molecule has 1 amide bonds. The van der Waals surface area contributed by atoms with Crippen LogP contribution >= 0.6 is 0 Å². The van der Waals surface area contributed by atoms with Gasteiger partial charge in [-0.15, -0.1) is 0 Å². The number of methoxy groups -OCH3 is 1. The highest BCUT2D eigenvalue weighted by atomic mass is 16.5. The molecule has 3 aromatic rings. The number of rotatable bonds is 4. The van der Waals surface area contributed by atoms with Gasteiger partial charge in [0.25, 0.3) is 0 Å². The summed E-state index contributed by atoms with van der Waals surface area (Å²) in [6, 6.07) is 8.01. The number of hydrogen-bond donors (Lipinski definition) is 1. The van der Waals surface area contributed by atoms with Gasteiger partial charge in [0.15, 0.2) is 0 Å². The third kappa shape index (κ3) is 2.71. The molecule has 10 heteroatoms. The number of ether oxygens (including phenoxy) is 1. The van der Waals surface area contributed by atoms with E-state index in [-0.39, 0.29) is 30.7 Å². The SMILES string of the molecule is COC(=O)CCC(=O)N1C[C@H]2CC1c1c(O)n(-c3ccc(C#N)c4ncccc34)c(=O)n12. The van der Waals surface area contributed by atoms with Crippen molar-refractivity contribution in [1.29, 1.82) is 5.26 Å². The zero-order valence-electron chi connectivity index (χ0n) is 17.2. The number of nitriles is 1. The lowest BCUT2D eigenvalue weighted by molar-refractivity contribution is -0.144. The average Bonchev–Trinajstić information content (AvgIpc) is 3.48. The van der Waals surface area contributed by atoms with E-state index in [0.717, 1.165) is 0 Å². The molecule has 5 rings (SSSR count). The molecular formula is C22H19N5O5. The largest absolute Gasteiger partial charge is 0.493 e. The number of pyridine rings is 1. The van der Waals surface area contributed by atoms with Gasteiger partial charge in [-0.2, -0.15) is 5.26 Å². The highest BCUT2D eigenvalue weighted by Crippen LogP contribution is 2.49. The first-order valence-electron chi connectivity index (χ1n) is 10.2. The van der Waals surface area contributed by atoms with E-state index in [1.807, 2.05) is 0 Å². The Morgan fingerprint density at radius 3 is 2.88 bits per heavy atom. The number of esters is 1. The molecule has 162 valence electrons. The van der Waals surface area contributed by atoms with Crippen LogP contribution in [-0.2, 0) is 14.3 Å². The van der Waals surface area contributed by atoms with Crippen LogP contribution in [0, 0.1) is 11.3 Å². The van der Waals surface area contributed by atoms with Crippen molar-refractivity contribution in [2.24, 2.45) is 0 Å². The number of aromatic hydroxyl groups is 1. The van der Waals surface area contributed by atoms with E-state index in [2.05, 4.69) is 15.8 Å². The van der Waals surface area contributed by atoms with Gasteiger partial charge in [0.1, 0.15) is 11.8 Å². The van der Waals surface area contributed by atoms with Crippen molar-refractivity contribution < 1.29 is 19.4 Å². The van der Waals surface area contributed by atoms with E-state index in [0.29, 0.717) is 40.8 Å². The smallest absolute Gasteiger partial charge is 0.336 e. The number of benzene rings is 1. The van der Waals surface area contributed by atoms with Crippen molar-refractivity contribution in [3.05, 3.63) is 52.2 Å². The molecule has 0 spiro atoms. The van der Waals surface area contributed by atoms with Crippen molar-refractivity contribution in [2.45, 2.75) is 31.3 Å². The maximum absolute atomic E-state index is 13.3. The molecule has 2 aromatic heterocycles. The lowest BCUT2D eigenvalue weighted by atomic mass is 10.1. The van der Waals surface area contributed by atoms with Crippen molar-refractivity contribution in [3.63, 3.8) is 0 Å². The number of fused-ring (bicyclic) bond motifs is 6. The number of amides is 1. The summed E-state index contributed by atoms with van der Waals surface area (Å²) in [5.74, 6) is -0.917. The van der Waals surface area contributed by atoms with Crippen LogP contribution in [0.1, 0.15) is 42.6 Å². The highest BCUT2D eigenvalue weighted by molar-refractivity contribution is 5.91. The van der Waals surface area contributed by atoms with Crippen molar-refractivity contribution in [1.82, 2.24) is 19.0 Å². The van der Waals surface area contributed by atoms with Gasteiger partial charge < -0.3 is 14.7 Å². The molecule has 32 heavy (non-hydrogen) atoms. The lowest BCUT2D eigenvalue weighted by Crippen LogP contribution is -2.38. The average molecular weight is 433 g/mol. The zero-order chi connectivity index (χ0) is 22.6. The van der Waals surface area contributed by atoms with Gasteiger partial charge in [-0.05, 0) is 30.7 Å².